The van der Waals surface area contributed by atoms with Crippen LogP contribution in [-0.2, 0) is 23.7 Å². The summed E-state index contributed by atoms with van der Waals surface area (Å²) in [5.74, 6) is -0.177. The zero-order chi connectivity index (χ0) is 26.0. The number of hydrogen-bond donors (Lipinski definition) is 1. The minimum absolute atomic E-state index is 0.0108. The highest BCUT2D eigenvalue weighted by molar-refractivity contribution is 7.89. The summed E-state index contributed by atoms with van der Waals surface area (Å²) in [7, 11) is -2.25. The molecule has 37 heavy (non-hydrogen) atoms. The lowest BCUT2D eigenvalue weighted by Crippen LogP contribution is -2.33. The van der Waals surface area contributed by atoms with E-state index in [-0.39, 0.29) is 34.7 Å². The minimum atomic E-state index is -3.89. The summed E-state index contributed by atoms with van der Waals surface area (Å²) in [4.78, 5) is 11.8. The zero-order valence-corrected chi connectivity index (χ0v) is 21.0. The van der Waals surface area contributed by atoms with Crippen molar-refractivity contribution in [1.29, 1.82) is 0 Å². The van der Waals surface area contributed by atoms with Crippen LogP contribution in [0.1, 0.15) is 31.4 Å². The first kappa shape index (κ1) is 24.8. The van der Waals surface area contributed by atoms with Gasteiger partial charge in [0, 0.05) is 25.4 Å². The van der Waals surface area contributed by atoms with Crippen molar-refractivity contribution in [2.45, 2.75) is 43.2 Å². The Hall–Kier alpha value is -3.83. The number of sulfonamides is 1. The maximum Gasteiger partial charge on any atom is 0.250 e. The van der Waals surface area contributed by atoms with Gasteiger partial charge >= 0.3 is 0 Å². The molecule has 0 amide bonds. The summed E-state index contributed by atoms with van der Waals surface area (Å²) in [6, 6.07) is 13.7. The molecule has 0 bridgehead atoms. The van der Waals surface area contributed by atoms with Gasteiger partial charge in [-0.1, -0.05) is 24.1 Å². The van der Waals surface area contributed by atoms with E-state index in [4.69, 9.17) is 4.74 Å². The zero-order valence-electron chi connectivity index (χ0n) is 20.2. The van der Waals surface area contributed by atoms with Crippen molar-refractivity contribution in [1.82, 2.24) is 24.3 Å². The SMILES string of the molecule is Cn1cc(-c2ccc(OCc3cn(-c4ccc(F)cc4)nn3)c(S(=O)(=O)NC3CCCC3)c2)ccc1=O. The maximum absolute atomic E-state index is 13.4. The smallest absolute Gasteiger partial charge is 0.250 e. The van der Waals surface area contributed by atoms with Crippen LogP contribution in [0.3, 0.4) is 0 Å². The Kier molecular flexibility index (Phi) is 6.90. The molecule has 1 N–H and O–H groups in total. The topological polar surface area (TPSA) is 108 Å². The molecule has 4 aromatic rings. The van der Waals surface area contributed by atoms with Gasteiger partial charge in [-0.25, -0.2) is 22.2 Å². The van der Waals surface area contributed by atoms with Gasteiger partial charge in [0.1, 0.15) is 28.8 Å². The lowest BCUT2D eigenvalue weighted by molar-refractivity contribution is 0.293. The number of pyridine rings is 1. The molecule has 1 aliphatic carbocycles. The van der Waals surface area contributed by atoms with Gasteiger partial charge in [-0.15, -0.1) is 5.10 Å². The fourth-order valence-corrected chi connectivity index (χ4v) is 5.82. The molecule has 1 saturated carbocycles. The van der Waals surface area contributed by atoms with Crippen molar-refractivity contribution in [3.8, 4) is 22.6 Å². The Morgan fingerprint density at radius 2 is 1.76 bits per heavy atom. The van der Waals surface area contributed by atoms with E-state index in [1.54, 1.807) is 55.8 Å². The number of ether oxygens (including phenoxy) is 1. The highest BCUT2D eigenvalue weighted by Gasteiger charge is 2.26. The van der Waals surface area contributed by atoms with Gasteiger partial charge in [-0.05, 0) is 66.4 Å². The third-order valence-corrected chi connectivity index (χ3v) is 7.88. The second-order valence-electron chi connectivity index (χ2n) is 9.05. The molecule has 0 aliphatic heterocycles. The molecule has 1 aliphatic rings. The van der Waals surface area contributed by atoms with Gasteiger partial charge < -0.3 is 9.30 Å². The van der Waals surface area contributed by atoms with Crippen LogP contribution >= 0.6 is 0 Å². The molecule has 11 heteroatoms. The fraction of sp³-hybridized carbons (Fsp3) is 0.269. The fourth-order valence-electron chi connectivity index (χ4n) is 4.34. The van der Waals surface area contributed by atoms with Gasteiger partial charge in [0.25, 0.3) is 0 Å². The first-order valence-corrected chi connectivity index (χ1v) is 13.4. The van der Waals surface area contributed by atoms with E-state index < -0.39 is 10.0 Å². The second-order valence-corrected chi connectivity index (χ2v) is 10.7. The van der Waals surface area contributed by atoms with Crippen LogP contribution < -0.4 is 15.0 Å². The Morgan fingerprint density at radius 3 is 2.49 bits per heavy atom. The molecule has 5 rings (SSSR count). The average molecular weight is 524 g/mol. The number of nitrogens with zero attached hydrogens (tertiary/aromatic N) is 4. The summed E-state index contributed by atoms with van der Waals surface area (Å²) < 4.78 is 51.7. The van der Waals surface area contributed by atoms with Crippen molar-refractivity contribution >= 4 is 10.0 Å². The van der Waals surface area contributed by atoms with Crippen LogP contribution in [0.4, 0.5) is 4.39 Å². The Bertz CT molecular complexity index is 1580. The first-order chi connectivity index (χ1) is 17.8. The second kappa shape index (κ2) is 10.3. The van der Waals surface area contributed by atoms with Crippen molar-refractivity contribution in [2.75, 3.05) is 0 Å². The Labute approximate surface area is 213 Å². The number of nitrogens with one attached hydrogen (secondary N) is 1. The Morgan fingerprint density at radius 1 is 1.03 bits per heavy atom. The molecule has 9 nitrogen and oxygen atoms in total. The number of halogens is 1. The lowest BCUT2D eigenvalue weighted by atomic mass is 10.1. The van der Waals surface area contributed by atoms with Gasteiger partial charge in [0.15, 0.2) is 0 Å². The van der Waals surface area contributed by atoms with E-state index in [2.05, 4.69) is 15.0 Å². The molecule has 0 spiro atoms. The largest absolute Gasteiger partial charge is 0.486 e. The van der Waals surface area contributed by atoms with Crippen molar-refractivity contribution in [3.63, 3.8) is 0 Å². The van der Waals surface area contributed by atoms with Crippen LogP contribution in [0.5, 0.6) is 5.75 Å². The Balaban J connectivity index is 1.44. The summed E-state index contributed by atoms with van der Waals surface area (Å²) in [5.41, 5.74) is 2.28. The first-order valence-electron chi connectivity index (χ1n) is 11.9. The third-order valence-electron chi connectivity index (χ3n) is 6.34. The van der Waals surface area contributed by atoms with E-state index in [1.807, 2.05) is 0 Å². The summed E-state index contributed by atoms with van der Waals surface area (Å²) in [6.45, 7) is -0.0215. The molecule has 2 aromatic carbocycles. The molecule has 2 heterocycles. The van der Waals surface area contributed by atoms with E-state index in [1.165, 1.54) is 27.4 Å². The van der Waals surface area contributed by atoms with Gasteiger partial charge in [0.05, 0.1) is 11.9 Å². The molecule has 0 radical (unpaired) electrons. The van der Waals surface area contributed by atoms with Crippen molar-refractivity contribution in [3.05, 3.63) is 88.9 Å². The number of aryl methyl sites for hydroxylation is 1. The van der Waals surface area contributed by atoms with Crippen LogP contribution in [0.25, 0.3) is 16.8 Å². The monoisotopic (exact) mass is 523 g/mol. The molecular weight excluding hydrogens is 497 g/mol. The minimum Gasteiger partial charge on any atom is -0.486 e. The van der Waals surface area contributed by atoms with Crippen molar-refractivity contribution in [2.24, 2.45) is 7.05 Å². The molecule has 0 saturated heterocycles. The number of rotatable bonds is 8. The van der Waals surface area contributed by atoms with Gasteiger partial charge in [0.2, 0.25) is 15.6 Å². The van der Waals surface area contributed by atoms with Gasteiger partial charge in [-0.2, -0.15) is 0 Å². The standard InChI is InChI=1S/C26H26FN5O4S/c1-31-15-19(7-13-26(31)33)18-6-12-24(25(14-18)37(34,35)29-21-4-2-3-5-21)36-17-22-16-32(30-28-22)23-10-8-20(27)9-11-23/h6-16,21,29H,2-5,17H2,1H3. The van der Waals surface area contributed by atoms with E-state index in [0.29, 0.717) is 22.5 Å². The van der Waals surface area contributed by atoms with Crippen molar-refractivity contribution < 1.29 is 17.5 Å². The highest BCUT2D eigenvalue weighted by Crippen LogP contribution is 2.31. The van der Waals surface area contributed by atoms with Crippen LogP contribution in [0, 0.1) is 5.82 Å². The number of hydrogen-bond acceptors (Lipinski definition) is 6. The van der Waals surface area contributed by atoms with Crippen LogP contribution in [0.15, 0.2) is 76.7 Å². The van der Waals surface area contributed by atoms with E-state index in [9.17, 15) is 17.6 Å². The van der Waals surface area contributed by atoms with Crippen LogP contribution in [-0.4, -0.2) is 34.0 Å². The quantitative estimate of drug-likeness (QED) is 0.378. The summed E-state index contributed by atoms with van der Waals surface area (Å²) >= 11 is 0. The summed E-state index contributed by atoms with van der Waals surface area (Å²) in [6.07, 6.45) is 6.85. The van der Waals surface area contributed by atoms with Crippen LogP contribution in [0.2, 0.25) is 0 Å². The maximum atomic E-state index is 13.4. The predicted octanol–water partition coefficient (Wildman–Crippen LogP) is 3.57. The molecule has 2 aromatic heterocycles. The predicted molar refractivity (Wildman–Crippen MR) is 135 cm³/mol. The van der Waals surface area contributed by atoms with E-state index in [0.717, 1.165) is 25.7 Å². The number of benzene rings is 2. The molecule has 192 valence electrons. The molecule has 0 unspecified atom stereocenters. The average Bonchev–Trinajstić information content (AvgIpc) is 3.57. The number of aromatic nitrogens is 4. The molecular formula is C26H26FN5O4S. The normalized spacial score (nSPS) is 14.2. The molecule has 0 atom stereocenters. The summed E-state index contributed by atoms with van der Waals surface area (Å²) in [5, 5.41) is 8.13. The third kappa shape index (κ3) is 5.62. The highest BCUT2D eigenvalue weighted by atomic mass is 32.2. The lowest BCUT2D eigenvalue weighted by Gasteiger charge is -2.17. The molecule has 1 fully saturated rings. The van der Waals surface area contributed by atoms with Gasteiger partial charge in [-0.3, -0.25) is 4.79 Å². The van der Waals surface area contributed by atoms with E-state index >= 15 is 0 Å².